The predicted octanol–water partition coefficient (Wildman–Crippen LogP) is -2.89. The Hall–Kier alpha value is 0.140. The van der Waals surface area contributed by atoms with E-state index in [4.69, 9.17) is 5.26 Å². The highest BCUT2D eigenvalue weighted by Gasteiger charge is 2.02. The van der Waals surface area contributed by atoms with Gasteiger partial charge in [-0.3, -0.25) is 4.59 Å². The van der Waals surface area contributed by atoms with Crippen molar-refractivity contribution < 1.29 is 28.6 Å². The smallest absolute Gasteiger partial charge is 0.0853 e. The van der Waals surface area contributed by atoms with Gasteiger partial charge in [-0.05, 0) is 0 Å². The summed E-state index contributed by atoms with van der Waals surface area (Å²) in [7, 11) is 6.08. The van der Waals surface area contributed by atoms with E-state index in [1.807, 2.05) is 21.1 Å². The largest absolute Gasteiger partial charge is 1.00 e. The van der Waals surface area contributed by atoms with Gasteiger partial charge in [-0.25, -0.2) is 0 Å². The van der Waals surface area contributed by atoms with Crippen LogP contribution in [0.25, 0.3) is 0 Å². The van der Waals surface area contributed by atoms with Gasteiger partial charge >= 0.3 is 0 Å². The molecule has 10 heavy (non-hydrogen) atoms. The second-order valence-corrected chi connectivity index (χ2v) is 2.83. The van der Waals surface area contributed by atoms with E-state index in [1.165, 1.54) is 0 Å². The summed E-state index contributed by atoms with van der Waals surface area (Å²) in [6.07, 6.45) is 0.579. The molecule has 1 N–H and O–H groups in total. The summed E-state index contributed by atoms with van der Waals surface area (Å²) < 4.78 is 0.710. The van der Waals surface area contributed by atoms with Gasteiger partial charge in [0.25, 0.3) is 0 Å². The van der Waals surface area contributed by atoms with Crippen LogP contribution in [0.2, 0.25) is 0 Å². The van der Waals surface area contributed by atoms with E-state index in [0.29, 0.717) is 11.0 Å². The molecule has 0 fully saturated rings. The number of quaternary nitrogens is 1. The van der Waals surface area contributed by atoms with Crippen molar-refractivity contribution in [2.24, 2.45) is 0 Å². The van der Waals surface area contributed by atoms with Gasteiger partial charge in [0.2, 0.25) is 0 Å². The Morgan fingerprint density at radius 1 is 1.40 bits per heavy atom. The van der Waals surface area contributed by atoms with Crippen LogP contribution < -0.4 is 29.4 Å². The molecule has 0 heterocycles. The number of hydrogen-bond acceptors (Lipinski definition) is 2. The molecule has 0 bridgehead atoms. The monoisotopic (exact) mass is 255 g/mol. The normalized spacial score (nSPS) is 9.80. The minimum absolute atomic E-state index is 0. The van der Waals surface area contributed by atoms with Crippen molar-refractivity contribution in [3.63, 3.8) is 0 Å². The molecule has 0 aromatic carbocycles. The summed E-state index contributed by atoms with van der Waals surface area (Å²) in [5, 5.41) is 8.17. The number of nitrogens with one attached hydrogen (secondary N) is 1. The fourth-order valence-corrected chi connectivity index (χ4v) is 0.447. The Kier molecular flexibility index (Phi) is 7.53. The van der Waals surface area contributed by atoms with Gasteiger partial charge in [0.1, 0.15) is 0 Å². The highest BCUT2D eigenvalue weighted by atomic mass is 127. The molecule has 0 aromatic rings. The third-order valence-corrected chi connectivity index (χ3v) is 0.823. The maximum atomic E-state index is 8.17. The summed E-state index contributed by atoms with van der Waals surface area (Å²) in [5.74, 6) is 0. The number of rotatable bonds is 3. The second-order valence-electron chi connectivity index (χ2n) is 2.83. The molecule has 0 rings (SSSR count). The predicted molar refractivity (Wildman–Crippen MR) is 36.3 cm³/mol. The zero-order chi connectivity index (χ0) is 7.33. The Morgan fingerprint density at radius 2 is 1.90 bits per heavy atom. The SMILES string of the molecule is C[N+](C)(C)NCCC#N.[I-]. The summed E-state index contributed by atoms with van der Waals surface area (Å²) >= 11 is 0. The fraction of sp³-hybridized carbons (Fsp3) is 0.833. The van der Waals surface area contributed by atoms with Crippen LogP contribution in [-0.4, -0.2) is 32.3 Å². The van der Waals surface area contributed by atoms with E-state index in [-0.39, 0.29) is 24.0 Å². The molecular formula is C6H14IN3. The van der Waals surface area contributed by atoms with Gasteiger partial charge in [0.15, 0.2) is 0 Å². The van der Waals surface area contributed by atoms with Crippen molar-refractivity contribution in [2.45, 2.75) is 6.42 Å². The Balaban J connectivity index is 0. The van der Waals surface area contributed by atoms with Gasteiger partial charge in [0, 0.05) is 0 Å². The Morgan fingerprint density at radius 3 is 2.20 bits per heavy atom. The van der Waals surface area contributed by atoms with Crippen LogP contribution in [0.1, 0.15) is 6.42 Å². The van der Waals surface area contributed by atoms with Crippen LogP contribution in [0, 0.1) is 11.3 Å². The summed E-state index contributed by atoms with van der Waals surface area (Å²) in [6.45, 7) is 0.764. The van der Waals surface area contributed by atoms with Crippen molar-refractivity contribution in [3.05, 3.63) is 0 Å². The van der Waals surface area contributed by atoms with Crippen LogP contribution >= 0.6 is 0 Å². The zero-order valence-electron chi connectivity index (χ0n) is 6.69. The van der Waals surface area contributed by atoms with Gasteiger partial charge in [0.05, 0.1) is 40.2 Å². The number of hydrogen-bond donors (Lipinski definition) is 1. The molecule has 0 aliphatic rings. The highest BCUT2D eigenvalue weighted by Crippen LogP contribution is 1.81. The fourth-order valence-electron chi connectivity index (χ4n) is 0.447. The van der Waals surface area contributed by atoms with Gasteiger partial charge in [-0.2, -0.15) is 10.7 Å². The first-order chi connectivity index (χ1) is 4.06. The van der Waals surface area contributed by atoms with E-state index in [2.05, 4.69) is 11.5 Å². The molecule has 0 saturated heterocycles. The van der Waals surface area contributed by atoms with Gasteiger partial charge < -0.3 is 24.0 Å². The first kappa shape index (κ1) is 12.8. The van der Waals surface area contributed by atoms with Crippen LogP contribution in [0.15, 0.2) is 0 Å². The molecule has 4 heteroatoms. The highest BCUT2D eigenvalue weighted by molar-refractivity contribution is 4.68. The molecule has 3 nitrogen and oxygen atoms in total. The van der Waals surface area contributed by atoms with Crippen LogP contribution in [0.5, 0.6) is 0 Å². The van der Waals surface area contributed by atoms with Crippen molar-refractivity contribution in [1.29, 1.82) is 5.26 Å². The number of nitriles is 1. The molecule has 0 aliphatic heterocycles. The molecule has 60 valence electrons. The van der Waals surface area contributed by atoms with Crippen LogP contribution in [0.4, 0.5) is 0 Å². The van der Waals surface area contributed by atoms with Crippen molar-refractivity contribution in [3.8, 4) is 6.07 Å². The Labute approximate surface area is 79.6 Å². The molecular weight excluding hydrogens is 241 g/mol. The van der Waals surface area contributed by atoms with Crippen molar-refractivity contribution in [1.82, 2.24) is 5.43 Å². The van der Waals surface area contributed by atoms with E-state index >= 15 is 0 Å². The van der Waals surface area contributed by atoms with Gasteiger partial charge in [-0.1, -0.05) is 0 Å². The lowest BCUT2D eigenvalue weighted by atomic mass is 10.5. The molecule has 0 unspecified atom stereocenters. The topological polar surface area (TPSA) is 35.8 Å². The average Bonchev–Trinajstić information content (AvgIpc) is 1.63. The maximum Gasteiger partial charge on any atom is 0.0853 e. The summed E-state index contributed by atoms with van der Waals surface area (Å²) in [6, 6.07) is 2.07. The zero-order valence-corrected chi connectivity index (χ0v) is 8.84. The quantitative estimate of drug-likeness (QED) is 0.254. The first-order valence-electron chi connectivity index (χ1n) is 3.00. The lowest BCUT2D eigenvalue weighted by Crippen LogP contribution is -3.00. The molecule has 0 saturated carbocycles. The Bertz CT molecular complexity index is 111. The standard InChI is InChI=1S/C6H14N3.HI/c1-9(2,3)8-6-4-5-7;/h8H,4,6H2,1-3H3;1H/q+1;/p-1. The lowest BCUT2D eigenvalue weighted by molar-refractivity contribution is -0.915. The maximum absolute atomic E-state index is 8.17. The number of halogens is 1. The minimum atomic E-state index is 0. The molecule has 0 aromatic heterocycles. The summed E-state index contributed by atoms with van der Waals surface area (Å²) in [5.41, 5.74) is 3.14. The number of nitrogens with zero attached hydrogens (tertiary/aromatic N) is 2. The molecule has 0 spiro atoms. The van der Waals surface area contributed by atoms with E-state index in [9.17, 15) is 0 Å². The molecule has 0 amide bonds. The van der Waals surface area contributed by atoms with E-state index in [0.717, 1.165) is 6.54 Å². The van der Waals surface area contributed by atoms with Gasteiger partial charge in [-0.15, -0.1) is 0 Å². The van der Waals surface area contributed by atoms with Crippen molar-refractivity contribution >= 4 is 0 Å². The first-order valence-corrected chi connectivity index (χ1v) is 3.00. The lowest BCUT2D eigenvalue weighted by Gasteiger charge is -2.22. The molecule has 0 atom stereocenters. The van der Waals surface area contributed by atoms with Crippen molar-refractivity contribution in [2.75, 3.05) is 27.7 Å². The van der Waals surface area contributed by atoms with Crippen LogP contribution in [-0.2, 0) is 0 Å². The van der Waals surface area contributed by atoms with E-state index < -0.39 is 0 Å². The second kappa shape index (κ2) is 5.89. The van der Waals surface area contributed by atoms with Crippen LogP contribution in [0.3, 0.4) is 0 Å². The minimum Gasteiger partial charge on any atom is -1.00 e. The third-order valence-electron chi connectivity index (χ3n) is 0.823. The molecule has 0 radical (unpaired) electrons. The summed E-state index contributed by atoms with van der Waals surface area (Å²) in [4.78, 5) is 0. The molecule has 0 aliphatic carbocycles. The third kappa shape index (κ3) is 11.0. The van der Waals surface area contributed by atoms with E-state index in [1.54, 1.807) is 0 Å². The average molecular weight is 255 g/mol.